The van der Waals surface area contributed by atoms with E-state index in [-0.39, 0.29) is 17.0 Å². The van der Waals surface area contributed by atoms with E-state index in [9.17, 15) is 0 Å². The van der Waals surface area contributed by atoms with Crippen molar-refractivity contribution in [3.63, 3.8) is 0 Å². The molecule has 0 aliphatic carbocycles. The lowest BCUT2D eigenvalue weighted by Crippen LogP contribution is -2.21. The first-order valence-corrected chi connectivity index (χ1v) is 15.9. The van der Waals surface area contributed by atoms with Crippen molar-refractivity contribution in [2.24, 2.45) is 0 Å². The van der Waals surface area contributed by atoms with Gasteiger partial charge in [0.05, 0.1) is 4.91 Å². The Kier molecular flexibility index (Phi) is 12.9. The third-order valence-corrected chi connectivity index (χ3v) is 9.49. The van der Waals surface area contributed by atoms with E-state index in [0.29, 0.717) is 12.5 Å². The molecule has 0 spiro atoms. The molecule has 1 aliphatic rings. The Balaban J connectivity index is 0.00000226. The number of hydrogen-bond acceptors (Lipinski definition) is 5. The highest BCUT2D eigenvalue weighted by molar-refractivity contribution is 8.12. The molecule has 41 heavy (non-hydrogen) atoms. The number of hydrogen-bond donors (Lipinski definition) is 0. The molecule has 1 aliphatic heterocycles. The summed E-state index contributed by atoms with van der Waals surface area (Å²) in [5.41, 5.74) is 0. The molecule has 0 fully saturated rings. The van der Waals surface area contributed by atoms with Crippen LogP contribution in [0.4, 0.5) is 0 Å². The van der Waals surface area contributed by atoms with Crippen molar-refractivity contribution in [1.82, 2.24) is 4.98 Å². The van der Waals surface area contributed by atoms with Gasteiger partial charge in [0, 0.05) is 17.2 Å². The molecule has 6 heteroatoms. The number of ether oxygens (including phenoxy) is 3. The van der Waals surface area contributed by atoms with E-state index < -0.39 is 0 Å². The SMILES string of the molecule is C=CC1=C(/C=C\C)[S+](c2ccc(Oc3ccc(OCC(C)Oc4ccccn4)cc3)cc2)C(/C=C\C)=C(C)S1.CC. The minimum Gasteiger partial charge on any atom is -0.490 e. The summed E-state index contributed by atoms with van der Waals surface area (Å²) in [6.45, 7) is 16.8. The Morgan fingerprint density at radius 1 is 0.878 bits per heavy atom. The van der Waals surface area contributed by atoms with Crippen LogP contribution in [0.2, 0.25) is 0 Å². The van der Waals surface area contributed by atoms with Gasteiger partial charge in [-0.3, -0.25) is 0 Å². The maximum atomic E-state index is 6.13. The number of aromatic nitrogens is 1. The van der Waals surface area contributed by atoms with Crippen molar-refractivity contribution < 1.29 is 14.2 Å². The summed E-state index contributed by atoms with van der Waals surface area (Å²) in [5, 5.41) is 0. The summed E-state index contributed by atoms with van der Waals surface area (Å²) < 4.78 is 17.8. The number of allylic oxidation sites excluding steroid dienone is 6. The fourth-order valence-electron chi connectivity index (χ4n) is 3.92. The Morgan fingerprint density at radius 3 is 2.07 bits per heavy atom. The number of rotatable bonds is 11. The minimum atomic E-state index is -0.214. The molecule has 0 saturated heterocycles. The monoisotopic (exact) mass is 586 g/mol. The van der Waals surface area contributed by atoms with Crippen LogP contribution in [0.1, 0.15) is 41.5 Å². The normalized spacial score (nSPS) is 15.9. The molecule has 1 aromatic heterocycles. The van der Waals surface area contributed by atoms with E-state index >= 15 is 0 Å². The van der Waals surface area contributed by atoms with Gasteiger partial charge < -0.3 is 14.2 Å². The zero-order valence-corrected chi connectivity index (χ0v) is 26.4. The maximum Gasteiger partial charge on any atom is 0.213 e. The summed E-state index contributed by atoms with van der Waals surface area (Å²) in [5.74, 6) is 2.88. The van der Waals surface area contributed by atoms with Crippen molar-refractivity contribution in [2.75, 3.05) is 6.61 Å². The van der Waals surface area contributed by atoms with Gasteiger partial charge in [-0.25, -0.2) is 4.98 Å². The second-order valence-corrected chi connectivity index (χ2v) is 11.9. The molecular formula is C35H40NO3S2+. The van der Waals surface area contributed by atoms with Gasteiger partial charge in [0.25, 0.3) is 0 Å². The van der Waals surface area contributed by atoms with Crippen molar-refractivity contribution >= 4 is 22.7 Å². The van der Waals surface area contributed by atoms with Gasteiger partial charge in [-0.05, 0) is 94.4 Å². The van der Waals surface area contributed by atoms with E-state index in [0.717, 1.165) is 17.2 Å². The largest absolute Gasteiger partial charge is 0.490 e. The van der Waals surface area contributed by atoms with Crippen LogP contribution in [0.5, 0.6) is 23.1 Å². The molecule has 3 aromatic rings. The second kappa shape index (κ2) is 16.6. The first kappa shape index (κ1) is 31.9. The Bertz CT molecular complexity index is 1380. The van der Waals surface area contributed by atoms with Crippen LogP contribution >= 0.6 is 11.8 Å². The molecular weight excluding hydrogens is 547 g/mol. The average Bonchev–Trinajstić information content (AvgIpc) is 3.00. The van der Waals surface area contributed by atoms with Gasteiger partial charge in [-0.2, -0.15) is 0 Å². The van der Waals surface area contributed by atoms with Gasteiger partial charge in [0.2, 0.25) is 5.88 Å². The first-order chi connectivity index (χ1) is 20.0. The third kappa shape index (κ3) is 8.94. The standard InChI is InChI=1S/C33H34NO3S2.C2H6/c1-6-11-31-25(5)38-30(8-3)32(12-7-2)39(31)29-20-18-28(19-21-29)37-27-16-14-26(15-17-27)35-23-24(4)36-33-13-9-10-22-34-33;1-2/h6-22,24H,3,23H2,1-2,4-5H3;1-2H3/q+1;/b11-6-,12-7-;. The Hall–Kier alpha value is -3.61. The zero-order chi connectivity index (χ0) is 29.6. The van der Waals surface area contributed by atoms with Gasteiger partial charge in [-0.15, -0.1) is 0 Å². The van der Waals surface area contributed by atoms with Crippen LogP contribution in [-0.4, -0.2) is 17.7 Å². The lowest BCUT2D eigenvalue weighted by atomic mass is 10.3. The minimum absolute atomic E-state index is 0.129. The molecule has 0 amide bonds. The molecule has 2 unspecified atom stereocenters. The second-order valence-electron chi connectivity index (χ2n) is 8.71. The summed E-state index contributed by atoms with van der Waals surface area (Å²) >= 11 is 1.79. The molecule has 2 aromatic carbocycles. The number of thioether (sulfide) groups is 1. The summed E-state index contributed by atoms with van der Waals surface area (Å²) in [4.78, 5) is 10.6. The number of pyridine rings is 1. The molecule has 4 rings (SSSR count). The predicted molar refractivity (Wildman–Crippen MR) is 177 cm³/mol. The molecule has 0 bridgehead atoms. The molecule has 0 saturated carbocycles. The smallest absolute Gasteiger partial charge is 0.213 e. The van der Waals surface area contributed by atoms with Gasteiger partial charge in [0.1, 0.15) is 40.9 Å². The quantitative estimate of drug-likeness (QED) is 0.209. The van der Waals surface area contributed by atoms with Crippen LogP contribution < -0.4 is 14.2 Å². The molecule has 0 radical (unpaired) electrons. The molecule has 4 nitrogen and oxygen atoms in total. The lowest BCUT2D eigenvalue weighted by molar-refractivity contribution is 0.138. The highest BCUT2D eigenvalue weighted by Crippen LogP contribution is 2.46. The predicted octanol–water partition coefficient (Wildman–Crippen LogP) is 10.3. The highest BCUT2D eigenvalue weighted by atomic mass is 32.2. The summed E-state index contributed by atoms with van der Waals surface area (Å²) in [6.07, 6.45) is 12.2. The first-order valence-electron chi connectivity index (χ1n) is 13.9. The van der Waals surface area contributed by atoms with E-state index in [4.69, 9.17) is 14.2 Å². The van der Waals surface area contributed by atoms with Crippen molar-refractivity contribution in [1.29, 1.82) is 0 Å². The van der Waals surface area contributed by atoms with E-state index in [1.165, 1.54) is 24.5 Å². The van der Waals surface area contributed by atoms with Crippen LogP contribution in [0, 0.1) is 0 Å². The van der Waals surface area contributed by atoms with Crippen LogP contribution in [0.3, 0.4) is 0 Å². The topological polar surface area (TPSA) is 40.6 Å². The molecule has 2 heterocycles. The van der Waals surface area contributed by atoms with Crippen LogP contribution in [0.15, 0.2) is 134 Å². The third-order valence-electron chi connectivity index (χ3n) is 5.68. The summed E-state index contributed by atoms with van der Waals surface area (Å²) in [6, 6.07) is 21.6. The van der Waals surface area contributed by atoms with Crippen LogP contribution in [0.25, 0.3) is 0 Å². The van der Waals surface area contributed by atoms with Crippen molar-refractivity contribution in [2.45, 2.75) is 52.5 Å². The van der Waals surface area contributed by atoms with E-state index in [1.54, 1.807) is 18.0 Å². The van der Waals surface area contributed by atoms with Gasteiger partial charge in [-0.1, -0.05) is 56.5 Å². The van der Waals surface area contributed by atoms with Gasteiger partial charge in [0.15, 0.2) is 14.7 Å². The molecule has 2 atom stereocenters. The van der Waals surface area contributed by atoms with Gasteiger partial charge >= 0.3 is 0 Å². The molecule has 214 valence electrons. The fourth-order valence-corrected chi connectivity index (χ4v) is 7.69. The number of nitrogens with zero attached hydrogens (tertiary/aromatic N) is 1. The Labute approximate surface area is 252 Å². The fraction of sp³-hybridized carbons (Fsp3) is 0.229. The summed E-state index contributed by atoms with van der Waals surface area (Å²) in [7, 11) is -0.214. The van der Waals surface area contributed by atoms with Crippen molar-refractivity contribution in [3.05, 3.63) is 130 Å². The van der Waals surface area contributed by atoms with Crippen LogP contribution in [-0.2, 0) is 10.9 Å². The maximum absolute atomic E-state index is 6.13. The zero-order valence-electron chi connectivity index (χ0n) is 24.8. The average molecular weight is 587 g/mol. The molecule has 0 N–H and O–H groups in total. The number of benzene rings is 2. The van der Waals surface area contributed by atoms with E-state index in [1.807, 2.05) is 81.4 Å². The Morgan fingerprint density at radius 2 is 1.49 bits per heavy atom. The lowest BCUT2D eigenvalue weighted by Gasteiger charge is -2.19. The highest BCUT2D eigenvalue weighted by Gasteiger charge is 2.38. The van der Waals surface area contributed by atoms with E-state index in [2.05, 4.69) is 68.8 Å². The van der Waals surface area contributed by atoms with Crippen molar-refractivity contribution in [3.8, 4) is 23.1 Å².